The van der Waals surface area contributed by atoms with E-state index in [0.29, 0.717) is 18.5 Å². The number of rotatable bonds is 3. The van der Waals surface area contributed by atoms with E-state index in [0.717, 1.165) is 12.1 Å². The molecule has 1 aromatic carbocycles. The molecule has 18 heavy (non-hydrogen) atoms. The van der Waals surface area contributed by atoms with Crippen LogP contribution in [0.3, 0.4) is 0 Å². The third-order valence-corrected chi connectivity index (χ3v) is 4.05. The molecule has 1 aromatic rings. The second-order valence-corrected chi connectivity index (χ2v) is 5.45. The molecule has 0 spiro atoms. The normalized spacial score (nSPS) is 24.7. The minimum atomic E-state index is 0.511. The highest BCUT2D eigenvalue weighted by atomic mass is 15.2. The van der Waals surface area contributed by atoms with Crippen molar-refractivity contribution in [1.82, 2.24) is 4.90 Å². The lowest BCUT2D eigenvalue weighted by Crippen LogP contribution is -2.42. The molecule has 2 rings (SSSR count). The Morgan fingerprint density at radius 3 is 2.22 bits per heavy atom. The van der Waals surface area contributed by atoms with Crippen molar-refractivity contribution in [2.24, 2.45) is 0 Å². The van der Waals surface area contributed by atoms with Gasteiger partial charge in [0, 0.05) is 18.6 Å². The molecule has 0 aliphatic carbocycles. The Kier molecular flexibility index (Phi) is 4.38. The third-order valence-electron chi connectivity index (χ3n) is 4.05. The highest BCUT2D eigenvalue weighted by Crippen LogP contribution is 2.24. The van der Waals surface area contributed by atoms with Crippen LogP contribution in [0.4, 0.5) is 0 Å². The number of hydrogen-bond acceptors (Lipinski definition) is 2. The van der Waals surface area contributed by atoms with Crippen LogP contribution >= 0.6 is 0 Å². The first-order chi connectivity index (χ1) is 8.70. The average molecular weight is 242 g/mol. The number of nitrogens with zero attached hydrogens (tertiary/aromatic N) is 2. The van der Waals surface area contributed by atoms with Gasteiger partial charge in [-0.2, -0.15) is 5.26 Å². The molecule has 0 aromatic heterocycles. The Bertz CT molecular complexity index is 406. The minimum Gasteiger partial charge on any atom is -0.294 e. The van der Waals surface area contributed by atoms with Gasteiger partial charge in [-0.15, -0.1) is 0 Å². The van der Waals surface area contributed by atoms with Gasteiger partial charge in [0.2, 0.25) is 0 Å². The fourth-order valence-electron chi connectivity index (χ4n) is 2.85. The summed E-state index contributed by atoms with van der Waals surface area (Å²) in [5.74, 6) is 0. The summed E-state index contributed by atoms with van der Waals surface area (Å²) in [6.45, 7) is 5.70. The van der Waals surface area contributed by atoms with Gasteiger partial charge in [0.05, 0.1) is 12.5 Å². The van der Waals surface area contributed by atoms with E-state index in [4.69, 9.17) is 5.26 Å². The zero-order valence-electron chi connectivity index (χ0n) is 11.4. The first kappa shape index (κ1) is 13.1. The fourth-order valence-corrected chi connectivity index (χ4v) is 2.85. The number of piperidine rings is 1. The zero-order chi connectivity index (χ0) is 13.0. The summed E-state index contributed by atoms with van der Waals surface area (Å²) >= 11 is 0. The van der Waals surface area contributed by atoms with Gasteiger partial charge in [-0.05, 0) is 37.8 Å². The Morgan fingerprint density at radius 2 is 1.67 bits per heavy atom. The largest absolute Gasteiger partial charge is 0.294 e. The van der Waals surface area contributed by atoms with E-state index in [9.17, 15) is 0 Å². The molecule has 0 amide bonds. The molecule has 2 atom stereocenters. The molecule has 0 bridgehead atoms. The third kappa shape index (κ3) is 3.11. The Labute approximate surface area is 110 Å². The second kappa shape index (κ2) is 6.02. The monoisotopic (exact) mass is 242 g/mol. The standard InChI is InChI=1S/C16H22N2/c1-13-4-3-5-14(2)18(13)12-16-8-6-15(7-9-16)10-11-17/h6-9,13-14H,3-5,10,12H2,1-2H3. The predicted molar refractivity (Wildman–Crippen MR) is 74.1 cm³/mol. The molecule has 1 fully saturated rings. The molecule has 0 saturated carbocycles. The van der Waals surface area contributed by atoms with Crippen LogP contribution in [0.5, 0.6) is 0 Å². The van der Waals surface area contributed by atoms with Crippen LogP contribution in [-0.4, -0.2) is 17.0 Å². The van der Waals surface area contributed by atoms with Crippen LogP contribution < -0.4 is 0 Å². The van der Waals surface area contributed by atoms with Crippen molar-refractivity contribution in [3.8, 4) is 6.07 Å². The second-order valence-electron chi connectivity index (χ2n) is 5.45. The van der Waals surface area contributed by atoms with Crippen molar-refractivity contribution >= 4 is 0 Å². The highest BCUT2D eigenvalue weighted by Gasteiger charge is 2.24. The average Bonchev–Trinajstić information content (AvgIpc) is 2.36. The molecule has 1 aliphatic heterocycles. The summed E-state index contributed by atoms with van der Waals surface area (Å²) in [6.07, 6.45) is 4.50. The molecule has 1 aliphatic rings. The molecule has 1 saturated heterocycles. The van der Waals surface area contributed by atoms with Gasteiger partial charge in [0.1, 0.15) is 0 Å². The summed E-state index contributed by atoms with van der Waals surface area (Å²) in [4.78, 5) is 2.60. The Morgan fingerprint density at radius 1 is 1.11 bits per heavy atom. The van der Waals surface area contributed by atoms with E-state index in [-0.39, 0.29) is 0 Å². The molecule has 0 radical (unpaired) electrons. The first-order valence-electron chi connectivity index (χ1n) is 6.91. The fraction of sp³-hybridized carbons (Fsp3) is 0.562. The molecular weight excluding hydrogens is 220 g/mol. The van der Waals surface area contributed by atoms with Crippen LogP contribution in [0.15, 0.2) is 24.3 Å². The van der Waals surface area contributed by atoms with Crippen molar-refractivity contribution in [1.29, 1.82) is 5.26 Å². The molecule has 96 valence electrons. The zero-order valence-corrected chi connectivity index (χ0v) is 11.4. The van der Waals surface area contributed by atoms with Gasteiger partial charge in [0.15, 0.2) is 0 Å². The number of nitriles is 1. The number of benzene rings is 1. The first-order valence-corrected chi connectivity index (χ1v) is 6.91. The van der Waals surface area contributed by atoms with Gasteiger partial charge in [-0.1, -0.05) is 30.7 Å². The van der Waals surface area contributed by atoms with Crippen LogP contribution in [0, 0.1) is 11.3 Å². The van der Waals surface area contributed by atoms with Crippen LogP contribution in [0.1, 0.15) is 44.2 Å². The predicted octanol–water partition coefficient (Wildman–Crippen LogP) is 3.52. The minimum absolute atomic E-state index is 0.511. The lowest BCUT2D eigenvalue weighted by Gasteiger charge is -2.39. The van der Waals surface area contributed by atoms with Gasteiger partial charge in [0.25, 0.3) is 0 Å². The molecule has 0 N–H and O–H groups in total. The maximum Gasteiger partial charge on any atom is 0.0669 e. The van der Waals surface area contributed by atoms with Crippen molar-refractivity contribution in [3.63, 3.8) is 0 Å². The summed E-state index contributed by atoms with van der Waals surface area (Å²) in [5, 5.41) is 8.66. The topological polar surface area (TPSA) is 27.0 Å². The lowest BCUT2D eigenvalue weighted by atomic mass is 9.96. The Balaban J connectivity index is 2.02. The van der Waals surface area contributed by atoms with E-state index in [1.165, 1.54) is 24.8 Å². The van der Waals surface area contributed by atoms with Crippen molar-refractivity contribution in [3.05, 3.63) is 35.4 Å². The van der Waals surface area contributed by atoms with E-state index in [1.807, 2.05) is 0 Å². The number of hydrogen-bond donors (Lipinski definition) is 0. The Hall–Kier alpha value is -1.33. The lowest BCUT2D eigenvalue weighted by molar-refractivity contribution is 0.0953. The number of likely N-dealkylation sites (tertiary alicyclic amines) is 1. The van der Waals surface area contributed by atoms with E-state index >= 15 is 0 Å². The molecular formula is C16H22N2. The summed E-state index contributed by atoms with van der Waals surface area (Å²) in [5.41, 5.74) is 2.47. The summed E-state index contributed by atoms with van der Waals surface area (Å²) < 4.78 is 0. The summed E-state index contributed by atoms with van der Waals surface area (Å²) in [7, 11) is 0. The smallest absolute Gasteiger partial charge is 0.0669 e. The maximum atomic E-state index is 8.66. The van der Waals surface area contributed by atoms with Gasteiger partial charge >= 0.3 is 0 Å². The van der Waals surface area contributed by atoms with Crippen LogP contribution in [0.25, 0.3) is 0 Å². The molecule has 2 nitrogen and oxygen atoms in total. The van der Waals surface area contributed by atoms with Crippen molar-refractivity contribution < 1.29 is 0 Å². The van der Waals surface area contributed by atoms with Crippen LogP contribution in [-0.2, 0) is 13.0 Å². The summed E-state index contributed by atoms with van der Waals surface area (Å²) in [6, 6.07) is 12.1. The highest BCUT2D eigenvalue weighted by molar-refractivity contribution is 5.24. The van der Waals surface area contributed by atoms with Crippen molar-refractivity contribution in [2.45, 2.75) is 58.2 Å². The maximum absolute atomic E-state index is 8.66. The van der Waals surface area contributed by atoms with Gasteiger partial charge < -0.3 is 0 Å². The SMILES string of the molecule is CC1CCCC(C)N1Cc1ccc(CC#N)cc1. The van der Waals surface area contributed by atoms with Gasteiger partial charge in [-0.25, -0.2) is 0 Å². The van der Waals surface area contributed by atoms with Crippen molar-refractivity contribution in [2.75, 3.05) is 0 Å². The quantitative estimate of drug-likeness (QED) is 0.811. The molecule has 2 unspecified atom stereocenters. The molecule has 2 heteroatoms. The van der Waals surface area contributed by atoms with Gasteiger partial charge in [-0.3, -0.25) is 4.90 Å². The van der Waals surface area contributed by atoms with Crippen LogP contribution in [0.2, 0.25) is 0 Å². The van der Waals surface area contributed by atoms with E-state index < -0.39 is 0 Å². The van der Waals surface area contributed by atoms with E-state index in [2.05, 4.69) is 49.1 Å². The molecule has 1 heterocycles. The van der Waals surface area contributed by atoms with E-state index in [1.54, 1.807) is 0 Å².